The second-order valence-electron chi connectivity index (χ2n) is 4.48. The smallest absolute Gasteiger partial charge is 0.321 e. The number of amides is 2. The zero-order valence-corrected chi connectivity index (χ0v) is 12.2. The van der Waals surface area contributed by atoms with Gasteiger partial charge in [0.2, 0.25) is 0 Å². The Morgan fingerprint density at radius 2 is 2.21 bits per heavy atom. The number of ether oxygens (including phenoxy) is 1. The summed E-state index contributed by atoms with van der Waals surface area (Å²) in [7, 11) is 0. The Morgan fingerprint density at radius 3 is 2.79 bits per heavy atom. The summed E-state index contributed by atoms with van der Waals surface area (Å²) in [5, 5.41) is 3.50. The lowest BCUT2D eigenvalue weighted by molar-refractivity contribution is 0.222. The van der Waals surface area contributed by atoms with E-state index in [0.717, 1.165) is 30.9 Å². The highest BCUT2D eigenvalue weighted by molar-refractivity contribution is 7.99. The first-order valence-electron chi connectivity index (χ1n) is 6.54. The number of urea groups is 1. The maximum Gasteiger partial charge on any atom is 0.321 e. The molecule has 0 saturated carbocycles. The molecule has 1 aliphatic heterocycles. The van der Waals surface area contributed by atoms with Gasteiger partial charge in [-0.3, -0.25) is 0 Å². The van der Waals surface area contributed by atoms with Crippen molar-refractivity contribution in [2.24, 2.45) is 0 Å². The fourth-order valence-corrected chi connectivity index (χ4v) is 2.78. The first kappa shape index (κ1) is 14.1. The van der Waals surface area contributed by atoms with Crippen molar-refractivity contribution in [3.63, 3.8) is 0 Å². The van der Waals surface area contributed by atoms with E-state index in [4.69, 9.17) is 4.74 Å². The van der Waals surface area contributed by atoms with E-state index < -0.39 is 0 Å². The molecule has 0 aliphatic carbocycles. The van der Waals surface area contributed by atoms with Gasteiger partial charge in [-0.05, 0) is 43.9 Å². The van der Waals surface area contributed by atoms with Crippen LogP contribution in [0.1, 0.15) is 13.3 Å². The number of likely N-dealkylation sites (tertiary alicyclic amines) is 1. The average molecular weight is 280 g/mol. The number of thioether (sulfide) groups is 1. The maximum atomic E-state index is 12.1. The van der Waals surface area contributed by atoms with Gasteiger partial charge in [0.1, 0.15) is 5.75 Å². The van der Waals surface area contributed by atoms with Crippen molar-refractivity contribution in [2.75, 3.05) is 31.3 Å². The minimum Gasteiger partial charge on any atom is -0.494 e. The van der Waals surface area contributed by atoms with Gasteiger partial charge in [-0.1, -0.05) is 0 Å². The van der Waals surface area contributed by atoms with Crippen LogP contribution < -0.4 is 10.1 Å². The summed E-state index contributed by atoms with van der Waals surface area (Å²) in [4.78, 5) is 13.9. The summed E-state index contributed by atoms with van der Waals surface area (Å²) in [5.74, 6) is 0.823. The van der Waals surface area contributed by atoms with Crippen LogP contribution in [0.5, 0.6) is 5.75 Å². The number of hydrogen-bond donors (Lipinski definition) is 1. The van der Waals surface area contributed by atoms with Crippen LogP contribution in [0.3, 0.4) is 0 Å². The molecule has 1 fully saturated rings. The van der Waals surface area contributed by atoms with Gasteiger partial charge in [0.25, 0.3) is 0 Å². The minimum absolute atomic E-state index is 0.0132. The SMILES string of the molecule is CCOc1ccc(NC(=O)N2CCC(SC)C2)cc1. The van der Waals surface area contributed by atoms with E-state index in [1.54, 1.807) is 0 Å². The third-order valence-corrected chi connectivity index (χ3v) is 4.23. The van der Waals surface area contributed by atoms with E-state index in [2.05, 4.69) is 11.6 Å². The van der Waals surface area contributed by atoms with Gasteiger partial charge in [0.15, 0.2) is 0 Å². The third kappa shape index (κ3) is 3.80. The van der Waals surface area contributed by atoms with Crippen LogP contribution in [-0.4, -0.2) is 42.1 Å². The zero-order chi connectivity index (χ0) is 13.7. The second-order valence-corrected chi connectivity index (χ2v) is 5.62. The first-order chi connectivity index (χ1) is 9.22. The molecule has 104 valence electrons. The third-order valence-electron chi connectivity index (χ3n) is 3.18. The molecule has 1 atom stereocenters. The number of hydrogen-bond acceptors (Lipinski definition) is 3. The molecular weight excluding hydrogens is 260 g/mol. The fourth-order valence-electron chi connectivity index (χ4n) is 2.11. The Balaban J connectivity index is 1.88. The maximum absolute atomic E-state index is 12.1. The van der Waals surface area contributed by atoms with Gasteiger partial charge in [0, 0.05) is 24.0 Å². The molecule has 19 heavy (non-hydrogen) atoms. The van der Waals surface area contributed by atoms with Gasteiger partial charge >= 0.3 is 6.03 Å². The molecule has 1 N–H and O–H groups in total. The average Bonchev–Trinajstić information content (AvgIpc) is 2.90. The number of benzene rings is 1. The van der Waals surface area contributed by atoms with Crippen molar-refractivity contribution in [3.8, 4) is 5.75 Å². The molecule has 4 nitrogen and oxygen atoms in total. The number of nitrogens with one attached hydrogen (secondary N) is 1. The molecule has 2 amide bonds. The van der Waals surface area contributed by atoms with Crippen molar-refractivity contribution in [1.82, 2.24) is 4.90 Å². The number of carbonyl (C=O) groups excluding carboxylic acids is 1. The van der Waals surface area contributed by atoms with Crippen molar-refractivity contribution in [2.45, 2.75) is 18.6 Å². The quantitative estimate of drug-likeness (QED) is 0.921. The minimum atomic E-state index is -0.0132. The van der Waals surface area contributed by atoms with Crippen LogP contribution in [-0.2, 0) is 0 Å². The summed E-state index contributed by atoms with van der Waals surface area (Å²) in [6, 6.07) is 7.46. The molecule has 2 rings (SSSR count). The highest BCUT2D eigenvalue weighted by Gasteiger charge is 2.25. The fraction of sp³-hybridized carbons (Fsp3) is 0.500. The predicted molar refractivity (Wildman–Crippen MR) is 80.1 cm³/mol. The lowest BCUT2D eigenvalue weighted by Gasteiger charge is -2.17. The van der Waals surface area contributed by atoms with Crippen LogP contribution in [0.2, 0.25) is 0 Å². The summed E-state index contributed by atoms with van der Waals surface area (Å²) in [5.41, 5.74) is 0.807. The van der Waals surface area contributed by atoms with Crippen LogP contribution in [0.4, 0.5) is 10.5 Å². The molecule has 5 heteroatoms. The molecule has 1 unspecified atom stereocenters. The van der Waals surface area contributed by atoms with Gasteiger partial charge in [-0.15, -0.1) is 0 Å². The monoisotopic (exact) mass is 280 g/mol. The van der Waals surface area contributed by atoms with Crippen molar-refractivity contribution in [3.05, 3.63) is 24.3 Å². The van der Waals surface area contributed by atoms with Gasteiger partial charge < -0.3 is 15.0 Å². The summed E-state index contributed by atoms with van der Waals surface area (Å²) in [6.45, 7) is 4.28. The predicted octanol–water partition coefficient (Wildman–Crippen LogP) is 3.05. The molecule has 1 saturated heterocycles. The number of anilines is 1. The largest absolute Gasteiger partial charge is 0.494 e. The molecular formula is C14H20N2O2S. The van der Waals surface area contributed by atoms with E-state index >= 15 is 0 Å². The van der Waals surface area contributed by atoms with Gasteiger partial charge in [-0.25, -0.2) is 4.79 Å². The Hall–Kier alpha value is -1.36. The molecule has 0 aromatic heterocycles. The summed E-state index contributed by atoms with van der Waals surface area (Å²) in [6.07, 6.45) is 3.18. The highest BCUT2D eigenvalue weighted by Crippen LogP contribution is 2.21. The van der Waals surface area contributed by atoms with E-state index in [0.29, 0.717) is 11.9 Å². The van der Waals surface area contributed by atoms with E-state index in [9.17, 15) is 4.79 Å². The Labute approximate surface area is 118 Å². The normalized spacial score (nSPS) is 18.4. The summed E-state index contributed by atoms with van der Waals surface area (Å²) < 4.78 is 5.37. The van der Waals surface area contributed by atoms with Gasteiger partial charge in [0.05, 0.1) is 6.61 Å². The highest BCUT2D eigenvalue weighted by atomic mass is 32.2. The van der Waals surface area contributed by atoms with Gasteiger partial charge in [-0.2, -0.15) is 11.8 Å². The topological polar surface area (TPSA) is 41.6 Å². The van der Waals surface area contributed by atoms with E-state index in [1.165, 1.54) is 0 Å². The number of rotatable bonds is 4. The van der Waals surface area contributed by atoms with Crippen LogP contribution in [0, 0.1) is 0 Å². The standard InChI is InChI=1S/C14H20N2O2S/c1-3-18-12-6-4-11(5-7-12)15-14(17)16-9-8-13(10-16)19-2/h4-7,13H,3,8-10H2,1-2H3,(H,15,17). The molecule has 0 spiro atoms. The van der Waals surface area contributed by atoms with Crippen molar-refractivity contribution < 1.29 is 9.53 Å². The lowest BCUT2D eigenvalue weighted by atomic mass is 10.3. The molecule has 1 aromatic carbocycles. The lowest BCUT2D eigenvalue weighted by Crippen LogP contribution is -2.33. The number of nitrogens with zero attached hydrogens (tertiary/aromatic N) is 1. The zero-order valence-electron chi connectivity index (χ0n) is 11.4. The molecule has 1 aliphatic rings. The van der Waals surface area contributed by atoms with Crippen molar-refractivity contribution >= 4 is 23.5 Å². The Bertz CT molecular complexity index is 422. The van der Waals surface area contributed by atoms with Crippen LogP contribution in [0.15, 0.2) is 24.3 Å². The number of carbonyl (C=O) groups is 1. The molecule has 0 bridgehead atoms. The first-order valence-corrected chi connectivity index (χ1v) is 7.83. The second kappa shape index (κ2) is 6.70. The van der Waals surface area contributed by atoms with E-state index in [1.807, 2.05) is 47.9 Å². The van der Waals surface area contributed by atoms with Crippen molar-refractivity contribution in [1.29, 1.82) is 0 Å². The van der Waals surface area contributed by atoms with E-state index in [-0.39, 0.29) is 6.03 Å². The van der Waals surface area contributed by atoms with Crippen LogP contribution >= 0.6 is 11.8 Å². The van der Waals surface area contributed by atoms with Crippen LogP contribution in [0.25, 0.3) is 0 Å². The molecule has 1 heterocycles. The molecule has 1 aromatic rings. The molecule has 0 radical (unpaired) electrons. The summed E-state index contributed by atoms with van der Waals surface area (Å²) >= 11 is 1.83. The Morgan fingerprint density at radius 1 is 1.47 bits per heavy atom. The Kier molecular flexibility index (Phi) is 4.96.